The summed E-state index contributed by atoms with van der Waals surface area (Å²) in [6.07, 6.45) is 5.62. The van der Waals surface area contributed by atoms with E-state index in [1.165, 1.54) is 23.6 Å². The standard InChI is InChI=1S/C33H39Cl2N3O4S/c1-24-5-2-3-19-37(24)20-4-18-36-33(39)27-10-15-32(31(35)23-27)42-29-16-21-38(22-17-29)43(40,41)30-13-8-26(9-14-30)25-6-11-28(34)12-7-25/h6-15,23-24,29H,2-5,16-22H2,1H3,(H,36,39). The van der Waals surface area contributed by atoms with Gasteiger partial charge in [0.15, 0.2) is 0 Å². The first-order chi connectivity index (χ1) is 20.7. The molecule has 0 radical (unpaired) electrons. The minimum absolute atomic E-state index is 0.153. The van der Waals surface area contributed by atoms with Gasteiger partial charge in [-0.2, -0.15) is 4.31 Å². The zero-order valence-corrected chi connectivity index (χ0v) is 26.8. The SMILES string of the molecule is CC1CCCCN1CCCNC(=O)c1ccc(OC2CCN(S(=O)(=O)c3ccc(-c4ccc(Cl)cc4)cc3)CC2)c(Cl)c1. The molecule has 2 saturated heterocycles. The highest BCUT2D eigenvalue weighted by Crippen LogP contribution is 2.30. The second kappa shape index (κ2) is 14.4. The third kappa shape index (κ3) is 8.11. The van der Waals surface area contributed by atoms with E-state index in [-0.39, 0.29) is 16.9 Å². The van der Waals surface area contributed by atoms with E-state index in [1.54, 1.807) is 30.3 Å². The molecule has 1 N–H and O–H groups in total. The first-order valence-electron chi connectivity index (χ1n) is 15.1. The highest BCUT2D eigenvalue weighted by molar-refractivity contribution is 7.89. The topological polar surface area (TPSA) is 79.0 Å². The van der Waals surface area contributed by atoms with Gasteiger partial charge < -0.3 is 15.0 Å². The molecule has 7 nitrogen and oxygen atoms in total. The van der Waals surface area contributed by atoms with Crippen LogP contribution in [-0.4, -0.2) is 68.4 Å². The van der Waals surface area contributed by atoms with Crippen molar-refractivity contribution in [2.45, 2.75) is 62.5 Å². The first-order valence-corrected chi connectivity index (χ1v) is 17.2. The quantitative estimate of drug-likeness (QED) is 0.244. The van der Waals surface area contributed by atoms with Crippen molar-refractivity contribution in [3.05, 3.63) is 82.3 Å². The number of hydrogen-bond donors (Lipinski definition) is 1. The van der Waals surface area contributed by atoms with Gasteiger partial charge in [-0.15, -0.1) is 0 Å². The van der Waals surface area contributed by atoms with Crippen molar-refractivity contribution in [1.29, 1.82) is 0 Å². The normalized spacial score (nSPS) is 18.8. The minimum atomic E-state index is -3.62. The van der Waals surface area contributed by atoms with Gasteiger partial charge in [0.05, 0.1) is 9.92 Å². The van der Waals surface area contributed by atoms with Gasteiger partial charge in [0, 0.05) is 42.8 Å². The van der Waals surface area contributed by atoms with Crippen LogP contribution in [0.4, 0.5) is 0 Å². The van der Waals surface area contributed by atoms with Crippen LogP contribution in [0, 0.1) is 0 Å². The highest BCUT2D eigenvalue weighted by Gasteiger charge is 2.30. The van der Waals surface area contributed by atoms with Crippen LogP contribution in [0.15, 0.2) is 71.6 Å². The number of halogens is 2. The number of carbonyl (C=O) groups excluding carboxylic acids is 1. The number of nitrogens with zero attached hydrogens (tertiary/aromatic N) is 2. The monoisotopic (exact) mass is 643 g/mol. The lowest BCUT2D eigenvalue weighted by Gasteiger charge is -2.33. The van der Waals surface area contributed by atoms with E-state index >= 15 is 0 Å². The van der Waals surface area contributed by atoms with Crippen LogP contribution in [0.2, 0.25) is 10.0 Å². The Morgan fingerprint density at radius 3 is 2.23 bits per heavy atom. The van der Waals surface area contributed by atoms with Gasteiger partial charge in [0.25, 0.3) is 5.91 Å². The Morgan fingerprint density at radius 2 is 1.58 bits per heavy atom. The van der Waals surface area contributed by atoms with Gasteiger partial charge in [-0.1, -0.05) is 53.9 Å². The van der Waals surface area contributed by atoms with E-state index < -0.39 is 10.0 Å². The van der Waals surface area contributed by atoms with E-state index in [1.807, 2.05) is 36.4 Å². The Kier molecular flexibility index (Phi) is 10.7. The van der Waals surface area contributed by atoms with Gasteiger partial charge in [-0.25, -0.2) is 8.42 Å². The number of rotatable bonds is 10. The van der Waals surface area contributed by atoms with Crippen molar-refractivity contribution >= 4 is 39.1 Å². The summed E-state index contributed by atoms with van der Waals surface area (Å²) in [5, 5.41) is 4.01. The fourth-order valence-corrected chi connectivity index (χ4v) is 7.61. The summed E-state index contributed by atoms with van der Waals surface area (Å²) in [6, 6.07) is 20.0. The van der Waals surface area contributed by atoms with E-state index in [9.17, 15) is 13.2 Å². The van der Waals surface area contributed by atoms with Crippen molar-refractivity contribution in [1.82, 2.24) is 14.5 Å². The fourth-order valence-electron chi connectivity index (χ4n) is 5.79. The molecule has 2 fully saturated rings. The van der Waals surface area contributed by atoms with Crippen LogP contribution in [0.5, 0.6) is 5.75 Å². The molecule has 2 aliphatic rings. The van der Waals surface area contributed by atoms with E-state index in [4.69, 9.17) is 27.9 Å². The number of sulfonamides is 1. The van der Waals surface area contributed by atoms with Crippen LogP contribution in [0.25, 0.3) is 11.1 Å². The van der Waals surface area contributed by atoms with E-state index in [0.717, 1.165) is 30.6 Å². The summed E-state index contributed by atoms with van der Waals surface area (Å²) >= 11 is 12.5. The molecule has 2 aliphatic heterocycles. The van der Waals surface area contributed by atoms with Crippen LogP contribution >= 0.6 is 23.2 Å². The molecule has 1 atom stereocenters. The number of carbonyl (C=O) groups is 1. The van der Waals surface area contributed by atoms with Crippen molar-refractivity contribution in [3.8, 4) is 16.9 Å². The number of likely N-dealkylation sites (tertiary alicyclic amines) is 1. The molecule has 0 spiro atoms. The number of amides is 1. The third-order valence-electron chi connectivity index (χ3n) is 8.41. The van der Waals surface area contributed by atoms with Crippen LogP contribution in [-0.2, 0) is 10.0 Å². The van der Waals surface area contributed by atoms with Crippen LogP contribution in [0.1, 0.15) is 55.8 Å². The second-order valence-electron chi connectivity index (χ2n) is 11.4. The predicted octanol–water partition coefficient (Wildman–Crippen LogP) is 6.89. The summed E-state index contributed by atoms with van der Waals surface area (Å²) in [7, 11) is -3.62. The zero-order chi connectivity index (χ0) is 30.4. The molecule has 5 rings (SSSR count). The predicted molar refractivity (Wildman–Crippen MR) is 173 cm³/mol. The molecule has 0 aliphatic carbocycles. The molecule has 0 aromatic heterocycles. The van der Waals surface area contributed by atoms with Gasteiger partial charge in [-0.05, 0) is 99.2 Å². The average molecular weight is 645 g/mol. The van der Waals surface area contributed by atoms with Gasteiger partial charge in [0.1, 0.15) is 11.9 Å². The average Bonchev–Trinajstić information content (AvgIpc) is 3.02. The number of nitrogens with one attached hydrogen (secondary N) is 1. The number of ether oxygens (including phenoxy) is 1. The maximum atomic E-state index is 13.3. The molecule has 230 valence electrons. The highest BCUT2D eigenvalue weighted by atomic mass is 35.5. The summed E-state index contributed by atoms with van der Waals surface area (Å²) in [6.45, 7) is 5.72. The molecule has 43 heavy (non-hydrogen) atoms. The van der Waals surface area contributed by atoms with Crippen molar-refractivity contribution in [2.75, 3.05) is 32.7 Å². The summed E-state index contributed by atoms with van der Waals surface area (Å²) in [5.74, 6) is 0.344. The van der Waals surface area contributed by atoms with Crippen LogP contribution in [0.3, 0.4) is 0 Å². The molecule has 0 saturated carbocycles. The number of benzene rings is 3. The number of piperidine rings is 2. The minimum Gasteiger partial charge on any atom is -0.489 e. The summed E-state index contributed by atoms with van der Waals surface area (Å²) < 4.78 is 34.2. The Hall–Kier alpha value is -2.62. The lowest BCUT2D eigenvalue weighted by molar-refractivity contribution is 0.0948. The molecule has 1 amide bonds. The van der Waals surface area contributed by atoms with Crippen molar-refractivity contribution < 1.29 is 17.9 Å². The Balaban J connectivity index is 1.09. The van der Waals surface area contributed by atoms with Crippen molar-refractivity contribution in [3.63, 3.8) is 0 Å². The van der Waals surface area contributed by atoms with Gasteiger partial charge >= 0.3 is 0 Å². The maximum Gasteiger partial charge on any atom is 0.251 e. The third-order valence-corrected chi connectivity index (χ3v) is 10.9. The smallest absolute Gasteiger partial charge is 0.251 e. The van der Waals surface area contributed by atoms with E-state index in [0.29, 0.717) is 59.9 Å². The summed E-state index contributed by atoms with van der Waals surface area (Å²) in [5.41, 5.74) is 2.38. The largest absolute Gasteiger partial charge is 0.489 e. The lowest BCUT2D eigenvalue weighted by Crippen LogP contribution is -2.41. The van der Waals surface area contributed by atoms with Gasteiger partial charge in [-0.3, -0.25) is 4.79 Å². The Bertz CT molecular complexity index is 1490. The van der Waals surface area contributed by atoms with Crippen molar-refractivity contribution in [2.24, 2.45) is 0 Å². The molecule has 3 aromatic carbocycles. The Morgan fingerprint density at radius 1 is 0.907 bits per heavy atom. The maximum absolute atomic E-state index is 13.3. The molecular weight excluding hydrogens is 605 g/mol. The molecule has 3 aromatic rings. The molecule has 1 unspecified atom stereocenters. The fraction of sp³-hybridized carbons (Fsp3) is 0.424. The van der Waals surface area contributed by atoms with Crippen LogP contribution < -0.4 is 10.1 Å². The summed E-state index contributed by atoms with van der Waals surface area (Å²) in [4.78, 5) is 15.4. The first kappa shape index (κ1) is 31.8. The second-order valence-corrected chi connectivity index (χ2v) is 14.2. The molecular formula is C33H39Cl2N3O4S. The lowest BCUT2D eigenvalue weighted by atomic mass is 10.0. The van der Waals surface area contributed by atoms with Gasteiger partial charge in [0.2, 0.25) is 10.0 Å². The number of hydrogen-bond acceptors (Lipinski definition) is 5. The zero-order valence-electron chi connectivity index (χ0n) is 24.5. The Labute approximate surface area is 265 Å². The molecule has 2 heterocycles. The molecule has 0 bridgehead atoms. The van der Waals surface area contributed by atoms with E-state index in [2.05, 4.69) is 17.1 Å². The molecule has 10 heteroatoms.